The van der Waals surface area contributed by atoms with E-state index in [4.69, 9.17) is 0 Å². The van der Waals surface area contributed by atoms with Crippen LogP contribution in [-0.4, -0.2) is 22.4 Å². The van der Waals surface area contributed by atoms with Crippen molar-refractivity contribution in [3.8, 4) is 0 Å². The summed E-state index contributed by atoms with van der Waals surface area (Å²) in [5, 5.41) is 20.8. The first-order valence-corrected chi connectivity index (χ1v) is 16.1. The van der Waals surface area contributed by atoms with Gasteiger partial charge in [-0.15, -0.1) is 0 Å². The highest BCUT2D eigenvalue weighted by Gasteiger charge is 2.40. The van der Waals surface area contributed by atoms with Crippen molar-refractivity contribution in [2.45, 2.75) is 107 Å². The summed E-state index contributed by atoms with van der Waals surface area (Å²) in [6.07, 6.45) is 33.5. The zero-order valence-electron chi connectivity index (χ0n) is 28.3. The van der Waals surface area contributed by atoms with Crippen LogP contribution in [0.1, 0.15) is 94.9 Å². The van der Waals surface area contributed by atoms with Crippen molar-refractivity contribution in [2.24, 2.45) is 34.5 Å². The van der Waals surface area contributed by atoms with Crippen LogP contribution in [0.4, 0.5) is 0 Å². The van der Waals surface area contributed by atoms with Crippen LogP contribution < -0.4 is 0 Å². The Labute approximate surface area is 258 Å². The fourth-order valence-corrected chi connectivity index (χ4v) is 6.28. The zero-order valence-corrected chi connectivity index (χ0v) is 28.3. The molecule has 0 aromatic rings. The fourth-order valence-electron chi connectivity index (χ4n) is 6.28. The highest BCUT2D eigenvalue weighted by atomic mass is 16.3. The van der Waals surface area contributed by atoms with Gasteiger partial charge < -0.3 is 10.2 Å². The second kappa shape index (κ2) is 16.4. The van der Waals surface area contributed by atoms with Crippen molar-refractivity contribution >= 4 is 0 Å². The number of hydrogen-bond donors (Lipinski definition) is 2. The third-order valence-corrected chi connectivity index (χ3v) is 9.91. The fraction of sp³-hybridized carbons (Fsp3) is 0.550. The average Bonchev–Trinajstić information content (AvgIpc) is 2.91. The molecule has 0 amide bonds. The first-order valence-electron chi connectivity index (χ1n) is 16.1. The summed E-state index contributed by atoms with van der Waals surface area (Å²) in [4.78, 5) is 0. The summed E-state index contributed by atoms with van der Waals surface area (Å²) >= 11 is 0. The molecule has 2 N–H and O–H groups in total. The van der Waals surface area contributed by atoms with Gasteiger partial charge in [0, 0.05) is 5.92 Å². The molecule has 2 saturated carbocycles. The Balaban J connectivity index is 1.87. The van der Waals surface area contributed by atoms with E-state index in [9.17, 15) is 10.2 Å². The summed E-state index contributed by atoms with van der Waals surface area (Å²) in [5.74, 6) is 1.37. The Kier molecular flexibility index (Phi) is 14.0. The second-order valence-corrected chi connectivity index (χ2v) is 14.4. The molecule has 2 aliphatic rings. The van der Waals surface area contributed by atoms with Gasteiger partial charge in [0.05, 0.1) is 12.2 Å². The Morgan fingerprint density at radius 3 is 1.55 bits per heavy atom. The smallest absolute Gasteiger partial charge is 0.0605 e. The molecule has 2 heteroatoms. The molecular formula is C40H60O2. The maximum atomic E-state index is 10.5. The molecule has 0 aromatic heterocycles. The van der Waals surface area contributed by atoms with E-state index in [0.717, 1.165) is 25.7 Å². The lowest BCUT2D eigenvalue weighted by atomic mass is 9.63. The standard InChI is InChI=1S/C40H60O2/c1-29(17-13-19-31(3)21-23-35-34(6)39(7,8)27-26-38(35)42)15-11-12-16-30(2)18-14-20-32(4)22-24-36-33(5)37(41)25-28-40(36,9)10/h11-24,33-38,41-42H,25-28H2,1-10H3/b12-11+,17-13+,18-14+,23-21+,24-22+,29-15+,30-16+,31-19-,32-20-/t33-,34-,35-,36-,37-,38+/m0/s1. The molecule has 2 nitrogen and oxygen atoms in total. The minimum Gasteiger partial charge on any atom is -0.393 e. The van der Waals surface area contributed by atoms with Gasteiger partial charge in [-0.05, 0) is 82.0 Å². The van der Waals surface area contributed by atoms with Crippen LogP contribution in [0, 0.1) is 34.5 Å². The SMILES string of the molecule is CC(=C/C=C/C(C)=C/C=C/C=C(C)/C=C/C=C(C)\C=C\[C@H]1[C@H](C)[C@@H](O)CCC1(C)C)/C=C/[C@@H]1[C@H](O)CCC(C)(C)[C@H]1C. The number of allylic oxidation sites excluding steroid dienone is 17. The molecule has 6 atom stereocenters. The quantitative estimate of drug-likeness (QED) is 0.256. The Morgan fingerprint density at radius 2 is 1.00 bits per heavy atom. The number of aliphatic hydroxyl groups excluding tert-OH is 2. The normalized spacial score (nSPS) is 31.9. The molecule has 0 heterocycles. The van der Waals surface area contributed by atoms with Crippen LogP contribution in [0.15, 0.2) is 107 Å². The van der Waals surface area contributed by atoms with Crippen molar-refractivity contribution in [2.75, 3.05) is 0 Å². The molecule has 0 aromatic carbocycles. The minimum atomic E-state index is -0.236. The van der Waals surface area contributed by atoms with Gasteiger partial charge in [0.25, 0.3) is 0 Å². The van der Waals surface area contributed by atoms with Crippen molar-refractivity contribution in [1.82, 2.24) is 0 Å². The van der Waals surface area contributed by atoms with Crippen molar-refractivity contribution in [3.63, 3.8) is 0 Å². The molecule has 2 aliphatic carbocycles. The van der Waals surface area contributed by atoms with E-state index in [1.807, 2.05) is 0 Å². The van der Waals surface area contributed by atoms with Crippen LogP contribution in [0.2, 0.25) is 0 Å². The molecule has 2 rings (SSSR count). The van der Waals surface area contributed by atoms with Crippen molar-refractivity contribution in [1.29, 1.82) is 0 Å². The predicted octanol–water partition coefficient (Wildman–Crippen LogP) is 10.4. The molecule has 42 heavy (non-hydrogen) atoms. The highest BCUT2D eigenvalue weighted by molar-refractivity contribution is 5.32. The van der Waals surface area contributed by atoms with Gasteiger partial charge in [-0.3, -0.25) is 0 Å². The van der Waals surface area contributed by atoms with E-state index in [-0.39, 0.29) is 29.0 Å². The summed E-state index contributed by atoms with van der Waals surface area (Å²) in [6, 6.07) is 0. The van der Waals surface area contributed by atoms with E-state index < -0.39 is 0 Å². The predicted molar refractivity (Wildman–Crippen MR) is 184 cm³/mol. The minimum absolute atomic E-state index is 0.194. The van der Waals surface area contributed by atoms with E-state index in [1.165, 1.54) is 22.3 Å². The lowest BCUT2D eigenvalue weighted by Gasteiger charge is -2.44. The lowest BCUT2D eigenvalue weighted by molar-refractivity contribution is -0.00431. The first kappa shape index (κ1) is 35.8. The average molecular weight is 573 g/mol. The molecule has 0 unspecified atom stereocenters. The van der Waals surface area contributed by atoms with Crippen LogP contribution in [0.5, 0.6) is 0 Å². The molecule has 232 valence electrons. The van der Waals surface area contributed by atoms with Gasteiger partial charge in [-0.2, -0.15) is 0 Å². The second-order valence-electron chi connectivity index (χ2n) is 14.4. The Morgan fingerprint density at radius 1 is 0.571 bits per heavy atom. The third-order valence-electron chi connectivity index (χ3n) is 9.91. The molecule has 2 fully saturated rings. The number of aliphatic hydroxyl groups is 2. The monoisotopic (exact) mass is 572 g/mol. The van der Waals surface area contributed by atoms with Crippen molar-refractivity contribution in [3.05, 3.63) is 107 Å². The largest absolute Gasteiger partial charge is 0.393 e. The Bertz CT molecular complexity index is 1140. The molecular weight excluding hydrogens is 512 g/mol. The summed E-state index contributed by atoms with van der Waals surface area (Å²) in [6.45, 7) is 22.2. The van der Waals surface area contributed by atoms with E-state index in [2.05, 4.69) is 154 Å². The topological polar surface area (TPSA) is 40.5 Å². The third kappa shape index (κ3) is 11.3. The first-order chi connectivity index (χ1) is 19.6. The lowest BCUT2D eigenvalue weighted by Crippen LogP contribution is -2.40. The maximum absolute atomic E-state index is 10.5. The van der Waals surface area contributed by atoms with E-state index in [1.54, 1.807) is 0 Å². The van der Waals surface area contributed by atoms with Crippen LogP contribution >= 0.6 is 0 Å². The summed E-state index contributed by atoms with van der Waals surface area (Å²) < 4.78 is 0. The van der Waals surface area contributed by atoms with Crippen LogP contribution in [-0.2, 0) is 0 Å². The van der Waals surface area contributed by atoms with Gasteiger partial charge in [0.15, 0.2) is 0 Å². The number of rotatable bonds is 10. The van der Waals surface area contributed by atoms with Gasteiger partial charge in [0.2, 0.25) is 0 Å². The van der Waals surface area contributed by atoms with E-state index >= 15 is 0 Å². The van der Waals surface area contributed by atoms with Crippen molar-refractivity contribution < 1.29 is 10.2 Å². The molecule has 0 saturated heterocycles. The highest BCUT2D eigenvalue weighted by Crippen LogP contribution is 2.45. The molecule has 0 bridgehead atoms. The van der Waals surface area contributed by atoms with E-state index in [0.29, 0.717) is 17.8 Å². The van der Waals surface area contributed by atoms with Gasteiger partial charge in [-0.25, -0.2) is 0 Å². The van der Waals surface area contributed by atoms with Crippen LogP contribution in [0.25, 0.3) is 0 Å². The molecule has 0 aliphatic heterocycles. The maximum Gasteiger partial charge on any atom is 0.0605 e. The Hall–Kier alpha value is -2.42. The van der Waals surface area contributed by atoms with Gasteiger partial charge >= 0.3 is 0 Å². The number of hydrogen-bond acceptors (Lipinski definition) is 2. The van der Waals surface area contributed by atoms with Crippen LogP contribution in [0.3, 0.4) is 0 Å². The summed E-state index contributed by atoms with van der Waals surface area (Å²) in [7, 11) is 0. The zero-order chi connectivity index (χ0) is 31.5. The van der Waals surface area contributed by atoms with Gasteiger partial charge in [0.1, 0.15) is 0 Å². The molecule has 0 spiro atoms. The molecule has 0 radical (unpaired) electrons. The van der Waals surface area contributed by atoms with Gasteiger partial charge in [-0.1, -0.05) is 149 Å². The summed E-state index contributed by atoms with van der Waals surface area (Å²) in [5.41, 5.74) is 5.28.